The molecule has 0 unspecified atom stereocenters. The highest BCUT2D eigenvalue weighted by Crippen LogP contribution is 2.24. The third kappa shape index (κ3) is 2.16. The van der Waals surface area contributed by atoms with Gasteiger partial charge in [-0.25, -0.2) is 0 Å². The van der Waals surface area contributed by atoms with Crippen molar-refractivity contribution in [3.05, 3.63) is 56.7 Å². The van der Waals surface area contributed by atoms with Gasteiger partial charge >= 0.3 is 0 Å². The number of aromatic nitrogens is 6. The molecule has 0 saturated carbocycles. The number of hydrogen-bond acceptors (Lipinski definition) is 5. The molecule has 0 saturated heterocycles. The van der Waals surface area contributed by atoms with Gasteiger partial charge in [-0.1, -0.05) is 23.2 Å². The van der Waals surface area contributed by atoms with Gasteiger partial charge in [0.15, 0.2) is 5.52 Å². The maximum atomic E-state index is 12.7. The Labute approximate surface area is 139 Å². The normalized spacial score (nSPS) is 11.4. The largest absolute Gasteiger partial charge is 0.285 e. The minimum atomic E-state index is -0.330. The van der Waals surface area contributed by atoms with Crippen LogP contribution in [0.5, 0.6) is 0 Å². The Hall–Kier alpha value is -2.51. The third-order valence-corrected chi connectivity index (χ3v) is 4.13. The molecule has 0 spiro atoms. The molecule has 4 aromatic rings. The lowest BCUT2D eigenvalue weighted by Crippen LogP contribution is -2.20. The van der Waals surface area contributed by atoms with Gasteiger partial charge < -0.3 is 0 Å². The number of benzene rings is 1. The summed E-state index contributed by atoms with van der Waals surface area (Å²) in [5, 5.41) is 12.9. The van der Waals surface area contributed by atoms with Crippen molar-refractivity contribution in [2.75, 3.05) is 0 Å². The fraction of sp³-hybridized carbons (Fsp3) is 0.0714. The van der Waals surface area contributed by atoms with Crippen LogP contribution in [0.15, 0.2) is 35.3 Å². The highest BCUT2D eigenvalue weighted by atomic mass is 35.5. The highest BCUT2D eigenvalue weighted by Gasteiger charge is 2.12. The average molecular weight is 347 g/mol. The molecule has 23 heavy (non-hydrogen) atoms. The quantitative estimate of drug-likeness (QED) is 0.529. The molecule has 0 fully saturated rings. The Morgan fingerprint density at radius 3 is 2.70 bits per heavy atom. The molecule has 0 N–H and O–H groups in total. The van der Waals surface area contributed by atoms with E-state index in [4.69, 9.17) is 23.2 Å². The van der Waals surface area contributed by atoms with Crippen LogP contribution in [0, 0.1) is 6.92 Å². The highest BCUT2D eigenvalue weighted by molar-refractivity contribution is 6.42. The number of pyridine rings is 1. The van der Waals surface area contributed by atoms with Gasteiger partial charge in [-0.3, -0.25) is 9.36 Å². The SMILES string of the molecule is Cc1nc2nnc3c(=O)n(-c4ccc(Cl)c(Cl)c4)ccc3n2n1. The van der Waals surface area contributed by atoms with Gasteiger partial charge in [0, 0.05) is 6.20 Å². The molecule has 1 aromatic carbocycles. The molecule has 0 aliphatic rings. The standard InChI is InChI=1S/C14H8Cl2N6O/c1-7-17-14-19-18-12-11(22(14)20-7)4-5-21(13(12)23)8-2-3-9(15)10(16)6-8/h2-6H,1H3. The number of aryl methyl sites for hydroxylation is 1. The van der Waals surface area contributed by atoms with Gasteiger partial charge in [0.1, 0.15) is 11.3 Å². The van der Waals surface area contributed by atoms with Gasteiger partial charge in [-0.2, -0.15) is 9.50 Å². The summed E-state index contributed by atoms with van der Waals surface area (Å²) >= 11 is 11.9. The summed E-state index contributed by atoms with van der Waals surface area (Å²) < 4.78 is 2.92. The van der Waals surface area contributed by atoms with E-state index in [1.165, 1.54) is 9.08 Å². The van der Waals surface area contributed by atoms with E-state index in [1.807, 2.05) is 0 Å². The van der Waals surface area contributed by atoms with E-state index >= 15 is 0 Å². The van der Waals surface area contributed by atoms with E-state index in [0.29, 0.717) is 32.9 Å². The minimum absolute atomic E-state index is 0.191. The van der Waals surface area contributed by atoms with Crippen molar-refractivity contribution in [2.45, 2.75) is 6.92 Å². The van der Waals surface area contributed by atoms with Crippen molar-refractivity contribution in [3.8, 4) is 5.69 Å². The van der Waals surface area contributed by atoms with Crippen LogP contribution >= 0.6 is 23.2 Å². The van der Waals surface area contributed by atoms with Crippen molar-refractivity contribution in [1.29, 1.82) is 0 Å². The first-order chi connectivity index (χ1) is 11.0. The van der Waals surface area contributed by atoms with Gasteiger partial charge in [-0.05, 0) is 31.2 Å². The van der Waals surface area contributed by atoms with Crippen molar-refractivity contribution < 1.29 is 0 Å². The molecular weight excluding hydrogens is 339 g/mol. The first-order valence-electron chi connectivity index (χ1n) is 6.61. The molecule has 0 atom stereocenters. The van der Waals surface area contributed by atoms with Crippen LogP contribution in [0.3, 0.4) is 0 Å². The molecule has 114 valence electrons. The fourth-order valence-corrected chi connectivity index (χ4v) is 2.64. The van der Waals surface area contributed by atoms with Crippen molar-refractivity contribution in [2.24, 2.45) is 0 Å². The summed E-state index contributed by atoms with van der Waals surface area (Å²) in [7, 11) is 0. The summed E-state index contributed by atoms with van der Waals surface area (Å²) in [6, 6.07) is 6.68. The van der Waals surface area contributed by atoms with Gasteiger partial charge in [-0.15, -0.1) is 15.3 Å². The first-order valence-corrected chi connectivity index (χ1v) is 7.37. The summed E-state index contributed by atoms with van der Waals surface area (Å²) in [6.07, 6.45) is 1.63. The molecule has 4 rings (SSSR count). The molecule has 0 radical (unpaired) electrons. The molecule has 3 aromatic heterocycles. The van der Waals surface area contributed by atoms with Crippen LogP contribution in [0.25, 0.3) is 22.5 Å². The molecule has 9 heteroatoms. The van der Waals surface area contributed by atoms with Crippen molar-refractivity contribution in [3.63, 3.8) is 0 Å². The van der Waals surface area contributed by atoms with Crippen LogP contribution in [0.2, 0.25) is 10.0 Å². The van der Waals surface area contributed by atoms with Crippen molar-refractivity contribution >= 4 is 40.0 Å². The lowest BCUT2D eigenvalue weighted by atomic mass is 10.3. The smallest absolute Gasteiger partial charge is 0.282 e. The second kappa shape index (κ2) is 5.00. The van der Waals surface area contributed by atoms with Crippen LogP contribution in [-0.2, 0) is 0 Å². The minimum Gasteiger partial charge on any atom is -0.282 e. The maximum absolute atomic E-state index is 12.7. The Morgan fingerprint density at radius 2 is 1.91 bits per heavy atom. The van der Waals surface area contributed by atoms with E-state index in [0.717, 1.165) is 0 Å². The lowest BCUT2D eigenvalue weighted by molar-refractivity contribution is 0.905. The Morgan fingerprint density at radius 1 is 1.09 bits per heavy atom. The first kappa shape index (κ1) is 14.1. The summed E-state index contributed by atoms with van der Waals surface area (Å²) in [5.41, 5.74) is 0.985. The molecule has 0 aliphatic carbocycles. The van der Waals surface area contributed by atoms with E-state index in [2.05, 4.69) is 20.3 Å². The van der Waals surface area contributed by atoms with E-state index in [1.54, 1.807) is 37.4 Å². The van der Waals surface area contributed by atoms with E-state index in [9.17, 15) is 4.79 Å². The fourth-order valence-electron chi connectivity index (χ4n) is 2.34. The molecule has 7 nitrogen and oxygen atoms in total. The summed E-state index contributed by atoms with van der Waals surface area (Å²) in [4.78, 5) is 16.8. The molecular formula is C14H8Cl2N6O. The number of hydrogen-bond donors (Lipinski definition) is 0. The van der Waals surface area contributed by atoms with Crippen molar-refractivity contribution in [1.82, 2.24) is 29.4 Å². The number of fused-ring (bicyclic) bond motifs is 3. The van der Waals surface area contributed by atoms with Crippen LogP contribution in [0.4, 0.5) is 0 Å². The van der Waals surface area contributed by atoms with E-state index < -0.39 is 0 Å². The van der Waals surface area contributed by atoms with Gasteiger partial charge in [0.25, 0.3) is 11.3 Å². The topological polar surface area (TPSA) is 78.0 Å². The predicted molar refractivity (Wildman–Crippen MR) is 86.4 cm³/mol. The number of halogens is 2. The van der Waals surface area contributed by atoms with Gasteiger partial charge in [0.05, 0.1) is 15.7 Å². The molecule has 3 heterocycles. The summed E-state index contributed by atoms with van der Waals surface area (Å²) in [5.74, 6) is 0.905. The van der Waals surface area contributed by atoms with E-state index in [-0.39, 0.29) is 11.1 Å². The molecule has 0 bridgehead atoms. The monoisotopic (exact) mass is 346 g/mol. The number of nitrogens with zero attached hydrogens (tertiary/aromatic N) is 6. The average Bonchev–Trinajstić information content (AvgIpc) is 2.91. The second-order valence-electron chi connectivity index (χ2n) is 4.89. The summed E-state index contributed by atoms with van der Waals surface area (Å²) in [6.45, 7) is 1.75. The Bertz CT molecular complexity index is 1130. The predicted octanol–water partition coefficient (Wildman–Crippen LogP) is 2.44. The Kier molecular flexibility index (Phi) is 3.07. The third-order valence-electron chi connectivity index (χ3n) is 3.39. The maximum Gasteiger partial charge on any atom is 0.285 e. The Balaban J connectivity index is 2.02. The lowest BCUT2D eigenvalue weighted by Gasteiger charge is -2.08. The molecule has 0 aliphatic heterocycles. The van der Waals surface area contributed by atoms with Crippen LogP contribution < -0.4 is 5.56 Å². The number of rotatable bonds is 1. The van der Waals surface area contributed by atoms with Gasteiger partial charge in [0.2, 0.25) is 0 Å². The second-order valence-corrected chi connectivity index (χ2v) is 5.71. The van der Waals surface area contributed by atoms with Crippen LogP contribution in [-0.4, -0.2) is 29.4 Å². The zero-order chi connectivity index (χ0) is 16.1. The zero-order valence-corrected chi connectivity index (χ0v) is 13.2. The zero-order valence-electron chi connectivity index (χ0n) is 11.7. The molecule has 0 amide bonds. The van der Waals surface area contributed by atoms with Crippen LogP contribution in [0.1, 0.15) is 5.82 Å².